The summed E-state index contributed by atoms with van der Waals surface area (Å²) in [5.74, 6) is 3.58. The highest BCUT2D eigenvalue weighted by Crippen LogP contribution is 2.34. The van der Waals surface area contributed by atoms with Gasteiger partial charge in [-0.25, -0.2) is 0 Å². The van der Waals surface area contributed by atoms with Crippen molar-refractivity contribution in [3.8, 4) is 23.8 Å². The fourth-order valence-corrected chi connectivity index (χ4v) is 4.42. The van der Waals surface area contributed by atoms with Crippen LogP contribution in [0.25, 0.3) is 17.0 Å². The quantitative estimate of drug-likeness (QED) is 0.343. The van der Waals surface area contributed by atoms with Crippen molar-refractivity contribution in [2.75, 3.05) is 13.2 Å². The molecule has 6 nitrogen and oxygen atoms in total. The van der Waals surface area contributed by atoms with E-state index < -0.39 is 0 Å². The van der Waals surface area contributed by atoms with Crippen LogP contribution in [0, 0.1) is 12.3 Å². The minimum Gasteiger partial charge on any atom is -0.492 e. The van der Waals surface area contributed by atoms with Crippen LogP contribution in [-0.2, 0) is 11.3 Å². The van der Waals surface area contributed by atoms with Crippen molar-refractivity contribution in [3.63, 3.8) is 0 Å². The normalized spacial score (nSPS) is 15.0. The standard InChI is InChI=1S/C26H24N2O4S/c1-4-13-28-25(29)24(33-26(28)30)16-19-17-27(23-8-6-5-7-22(19)23)14-15-31-20-9-11-21(12-10-20)32-18(2)3/h1,5-12,16-18H,13-15H2,2-3H3/b24-16-. The predicted molar refractivity (Wildman–Crippen MR) is 131 cm³/mol. The van der Waals surface area contributed by atoms with Gasteiger partial charge in [-0.05, 0) is 62.0 Å². The maximum absolute atomic E-state index is 12.5. The van der Waals surface area contributed by atoms with E-state index in [2.05, 4.69) is 10.5 Å². The van der Waals surface area contributed by atoms with Crippen LogP contribution >= 0.6 is 11.8 Å². The lowest BCUT2D eigenvalue weighted by atomic mass is 10.1. The molecule has 1 aliphatic rings. The average molecular weight is 461 g/mol. The molecule has 168 valence electrons. The summed E-state index contributed by atoms with van der Waals surface area (Å²) in [7, 11) is 0. The van der Waals surface area contributed by atoms with Crippen LogP contribution in [0.2, 0.25) is 0 Å². The van der Waals surface area contributed by atoms with Crippen molar-refractivity contribution >= 4 is 39.9 Å². The zero-order chi connectivity index (χ0) is 23.4. The third-order valence-corrected chi connectivity index (χ3v) is 5.93. The minimum atomic E-state index is -0.354. The first kappa shape index (κ1) is 22.6. The van der Waals surface area contributed by atoms with E-state index >= 15 is 0 Å². The van der Waals surface area contributed by atoms with Gasteiger partial charge in [0.15, 0.2) is 0 Å². The van der Waals surface area contributed by atoms with Crippen molar-refractivity contribution < 1.29 is 19.1 Å². The molecule has 1 fully saturated rings. The van der Waals surface area contributed by atoms with Crippen LogP contribution < -0.4 is 9.47 Å². The summed E-state index contributed by atoms with van der Waals surface area (Å²) >= 11 is 0.913. The molecule has 1 aromatic heterocycles. The Balaban J connectivity index is 1.49. The largest absolute Gasteiger partial charge is 0.492 e. The van der Waals surface area contributed by atoms with E-state index in [0.29, 0.717) is 18.1 Å². The van der Waals surface area contributed by atoms with Crippen LogP contribution in [-0.4, -0.2) is 39.9 Å². The Morgan fingerprint density at radius 1 is 1.09 bits per heavy atom. The van der Waals surface area contributed by atoms with Crippen LogP contribution in [0.4, 0.5) is 4.79 Å². The Morgan fingerprint density at radius 2 is 1.82 bits per heavy atom. The number of carbonyl (C=O) groups is 2. The van der Waals surface area contributed by atoms with Crippen LogP contribution in [0.5, 0.6) is 11.5 Å². The number of rotatable bonds is 8. The molecule has 1 saturated heterocycles. The molecule has 0 bridgehead atoms. The molecule has 33 heavy (non-hydrogen) atoms. The second-order valence-electron chi connectivity index (χ2n) is 7.75. The monoisotopic (exact) mass is 460 g/mol. The van der Waals surface area contributed by atoms with E-state index in [1.54, 1.807) is 6.08 Å². The van der Waals surface area contributed by atoms with E-state index in [1.807, 2.05) is 68.6 Å². The van der Waals surface area contributed by atoms with Crippen molar-refractivity contribution in [2.45, 2.75) is 26.5 Å². The van der Waals surface area contributed by atoms with Crippen molar-refractivity contribution in [3.05, 3.63) is 65.2 Å². The number of nitrogens with zero attached hydrogens (tertiary/aromatic N) is 2. The molecule has 2 aromatic carbocycles. The summed E-state index contributed by atoms with van der Waals surface area (Å²) in [4.78, 5) is 26.1. The first-order valence-corrected chi connectivity index (χ1v) is 11.4. The SMILES string of the molecule is C#CCN1C(=O)S/C(=C\c2cn(CCOc3ccc(OC(C)C)cc3)c3ccccc23)C1=O. The van der Waals surface area contributed by atoms with Gasteiger partial charge >= 0.3 is 0 Å². The molecule has 0 atom stereocenters. The molecule has 7 heteroatoms. The first-order valence-electron chi connectivity index (χ1n) is 10.6. The minimum absolute atomic E-state index is 0.0221. The van der Waals surface area contributed by atoms with E-state index in [0.717, 1.165) is 44.6 Å². The summed E-state index contributed by atoms with van der Waals surface area (Å²) in [6, 6.07) is 15.5. The number of carbonyl (C=O) groups excluding carboxylic acids is 2. The third-order valence-electron chi connectivity index (χ3n) is 5.03. The highest BCUT2D eigenvalue weighted by molar-refractivity contribution is 8.18. The zero-order valence-electron chi connectivity index (χ0n) is 18.5. The predicted octanol–water partition coefficient (Wildman–Crippen LogP) is 5.18. The number of amides is 2. The zero-order valence-corrected chi connectivity index (χ0v) is 19.3. The summed E-state index contributed by atoms with van der Waals surface area (Å²) in [5.41, 5.74) is 1.89. The third kappa shape index (κ3) is 5.07. The van der Waals surface area contributed by atoms with Gasteiger partial charge in [0.05, 0.1) is 24.1 Å². The van der Waals surface area contributed by atoms with E-state index in [1.165, 1.54) is 0 Å². The number of terminal acetylenes is 1. The van der Waals surface area contributed by atoms with Gasteiger partial charge in [-0.1, -0.05) is 24.1 Å². The topological polar surface area (TPSA) is 60.8 Å². The van der Waals surface area contributed by atoms with E-state index in [4.69, 9.17) is 15.9 Å². The van der Waals surface area contributed by atoms with Crippen molar-refractivity contribution in [1.82, 2.24) is 9.47 Å². The van der Waals surface area contributed by atoms with Gasteiger partial charge in [-0.3, -0.25) is 14.5 Å². The molecule has 1 aliphatic heterocycles. The summed E-state index contributed by atoms with van der Waals surface area (Å²) in [5, 5.41) is 0.655. The highest BCUT2D eigenvalue weighted by Gasteiger charge is 2.34. The summed E-state index contributed by atoms with van der Waals surface area (Å²) < 4.78 is 13.7. The number of fused-ring (bicyclic) bond motifs is 1. The molecule has 3 aromatic rings. The van der Waals surface area contributed by atoms with Crippen LogP contribution in [0.15, 0.2) is 59.6 Å². The Labute approximate surface area is 197 Å². The molecule has 0 unspecified atom stereocenters. The van der Waals surface area contributed by atoms with Gasteiger partial charge in [0.25, 0.3) is 11.1 Å². The molecule has 0 saturated carbocycles. The number of hydrogen-bond acceptors (Lipinski definition) is 5. The van der Waals surface area contributed by atoms with E-state index in [-0.39, 0.29) is 23.8 Å². The Morgan fingerprint density at radius 3 is 2.55 bits per heavy atom. The van der Waals surface area contributed by atoms with Crippen molar-refractivity contribution in [2.24, 2.45) is 0 Å². The number of benzene rings is 2. The smallest absolute Gasteiger partial charge is 0.294 e. The second kappa shape index (κ2) is 9.88. The van der Waals surface area contributed by atoms with Crippen LogP contribution in [0.3, 0.4) is 0 Å². The number of aromatic nitrogens is 1. The molecular weight excluding hydrogens is 436 g/mol. The lowest BCUT2D eigenvalue weighted by molar-refractivity contribution is -0.122. The lowest BCUT2D eigenvalue weighted by Crippen LogP contribution is -2.28. The van der Waals surface area contributed by atoms with Gasteiger partial charge < -0.3 is 14.0 Å². The maximum atomic E-state index is 12.5. The molecule has 2 heterocycles. The van der Waals surface area contributed by atoms with Gasteiger partial charge in [0, 0.05) is 22.7 Å². The molecular formula is C26H24N2O4S. The summed E-state index contributed by atoms with van der Waals surface area (Å²) in [6.45, 7) is 5.05. The number of ether oxygens (including phenoxy) is 2. The molecule has 0 aliphatic carbocycles. The molecule has 0 spiro atoms. The van der Waals surface area contributed by atoms with Crippen LogP contribution in [0.1, 0.15) is 19.4 Å². The fraction of sp³-hybridized carbons (Fsp3) is 0.231. The summed E-state index contributed by atoms with van der Waals surface area (Å²) in [6.07, 6.45) is 9.14. The molecule has 0 N–H and O–H groups in total. The molecule has 4 rings (SSSR count). The fourth-order valence-electron chi connectivity index (χ4n) is 3.59. The van der Waals surface area contributed by atoms with Gasteiger partial charge in [-0.2, -0.15) is 0 Å². The molecule has 0 radical (unpaired) electrons. The number of para-hydroxylation sites is 1. The highest BCUT2D eigenvalue weighted by atomic mass is 32.2. The maximum Gasteiger partial charge on any atom is 0.294 e. The van der Waals surface area contributed by atoms with Gasteiger partial charge in [-0.15, -0.1) is 6.42 Å². The van der Waals surface area contributed by atoms with Gasteiger partial charge in [0.2, 0.25) is 0 Å². The molecule has 2 amide bonds. The Bertz CT molecular complexity index is 1250. The van der Waals surface area contributed by atoms with Gasteiger partial charge in [0.1, 0.15) is 18.1 Å². The first-order chi connectivity index (χ1) is 16.0. The number of hydrogen-bond donors (Lipinski definition) is 0. The number of thioether (sulfide) groups is 1. The van der Waals surface area contributed by atoms with Crippen molar-refractivity contribution in [1.29, 1.82) is 0 Å². The Kier molecular flexibility index (Phi) is 6.76. The van der Waals surface area contributed by atoms with E-state index in [9.17, 15) is 9.59 Å². The number of imide groups is 1. The lowest BCUT2D eigenvalue weighted by Gasteiger charge is -2.11. The second-order valence-corrected chi connectivity index (χ2v) is 8.75. The Hall–Kier alpha value is -3.63. The average Bonchev–Trinajstić information content (AvgIpc) is 3.27.